The average Bonchev–Trinajstić information content (AvgIpc) is 2.13. The van der Waals surface area contributed by atoms with Gasteiger partial charge in [0.2, 0.25) is 5.91 Å². The molecule has 1 atom stereocenters. The average molecular weight is 222 g/mol. The predicted octanol–water partition coefficient (Wildman–Crippen LogP) is 1.94. The van der Waals surface area contributed by atoms with Crippen LogP contribution in [-0.4, -0.2) is 31.0 Å². The number of alkyl halides is 1. The highest BCUT2D eigenvalue weighted by molar-refractivity contribution is 6.20. The van der Waals surface area contributed by atoms with Gasteiger partial charge in [0.15, 0.2) is 0 Å². The molecule has 3 nitrogen and oxygen atoms in total. The number of carbonyl (C=O) groups is 1. The topological polar surface area (TPSA) is 38.3 Å². The van der Waals surface area contributed by atoms with Crippen molar-refractivity contribution in [2.45, 2.75) is 38.5 Å². The molecule has 0 fully saturated rings. The molecule has 14 heavy (non-hydrogen) atoms. The molecule has 0 saturated heterocycles. The van der Waals surface area contributed by atoms with Gasteiger partial charge in [0.25, 0.3) is 0 Å². The van der Waals surface area contributed by atoms with Crippen LogP contribution in [0.3, 0.4) is 0 Å². The highest BCUT2D eigenvalue weighted by atomic mass is 35.5. The molecule has 0 aliphatic heterocycles. The highest BCUT2D eigenvalue weighted by Crippen LogP contribution is 2.01. The van der Waals surface area contributed by atoms with Crippen molar-refractivity contribution in [2.24, 2.45) is 0 Å². The minimum Gasteiger partial charge on any atom is -0.372 e. The summed E-state index contributed by atoms with van der Waals surface area (Å²) in [7, 11) is 0. The summed E-state index contributed by atoms with van der Waals surface area (Å²) in [5.74, 6) is -0.0410. The fourth-order valence-electron chi connectivity index (χ4n) is 0.971. The van der Waals surface area contributed by atoms with E-state index in [1.54, 1.807) is 0 Å². The van der Waals surface area contributed by atoms with Gasteiger partial charge in [-0.2, -0.15) is 0 Å². The predicted molar refractivity (Wildman–Crippen MR) is 58.7 cm³/mol. The zero-order valence-corrected chi connectivity index (χ0v) is 9.77. The van der Waals surface area contributed by atoms with Gasteiger partial charge in [0.1, 0.15) is 6.61 Å². The molecule has 0 saturated carbocycles. The van der Waals surface area contributed by atoms with Gasteiger partial charge in [-0.25, -0.2) is 0 Å². The van der Waals surface area contributed by atoms with E-state index < -0.39 is 0 Å². The quantitative estimate of drug-likeness (QED) is 0.503. The summed E-state index contributed by atoms with van der Waals surface area (Å²) < 4.78 is 5.08. The van der Waals surface area contributed by atoms with E-state index in [1.165, 1.54) is 0 Å². The normalized spacial score (nSPS) is 12.5. The lowest BCUT2D eigenvalue weighted by Gasteiger charge is -2.06. The van der Waals surface area contributed by atoms with Crippen LogP contribution in [0.4, 0.5) is 0 Å². The van der Waals surface area contributed by atoms with Crippen LogP contribution in [-0.2, 0) is 9.53 Å². The number of halogens is 1. The highest BCUT2D eigenvalue weighted by Gasteiger charge is 2.00. The van der Waals surface area contributed by atoms with Crippen LogP contribution >= 0.6 is 11.6 Å². The van der Waals surface area contributed by atoms with Crippen molar-refractivity contribution in [3.8, 4) is 0 Å². The molecular weight excluding hydrogens is 202 g/mol. The molecular formula is C10H20ClNO2. The first-order valence-electron chi connectivity index (χ1n) is 5.15. The van der Waals surface area contributed by atoms with Gasteiger partial charge in [-0.1, -0.05) is 6.92 Å². The van der Waals surface area contributed by atoms with Gasteiger partial charge in [-0.05, 0) is 26.2 Å². The first kappa shape index (κ1) is 13.7. The molecule has 1 amide bonds. The minimum absolute atomic E-state index is 0.0410. The largest absolute Gasteiger partial charge is 0.372 e. The Labute approximate surface area is 91.2 Å². The SMILES string of the molecule is CCCOCC(=O)NCCCC(C)Cl. The number of nitrogens with one attached hydrogen (secondary N) is 1. The van der Waals surface area contributed by atoms with Crippen LogP contribution in [0.1, 0.15) is 33.1 Å². The van der Waals surface area contributed by atoms with E-state index in [0.29, 0.717) is 13.2 Å². The lowest BCUT2D eigenvalue weighted by Crippen LogP contribution is -2.28. The zero-order valence-electron chi connectivity index (χ0n) is 9.01. The molecule has 1 N–H and O–H groups in total. The number of rotatable bonds is 8. The third-order valence-electron chi connectivity index (χ3n) is 1.68. The molecule has 1 unspecified atom stereocenters. The maximum Gasteiger partial charge on any atom is 0.245 e. The van der Waals surface area contributed by atoms with E-state index in [1.807, 2.05) is 13.8 Å². The number of amides is 1. The fourth-order valence-corrected chi connectivity index (χ4v) is 1.13. The number of hydrogen-bond acceptors (Lipinski definition) is 2. The minimum atomic E-state index is -0.0410. The van der Waals surface area contributed by atoms with Gasteiger partial charge >= 0.3 is 0 Å². The monoisotopic (exact) mass is 221 g/mol. The summed E-state index contributed by atoms with van der Waals surface area (Å²) in [6.07, 6.45) is 2.79. The van der Waals surface area contributed by atoms with Crippen LogP contribution in [0.15, 0.2) is 0 Å². The molecule has 0 aromatic heterocycles. The standard InChI is InChI=1S/C10H20ClNO2/c1-3-7-14-8-10(13)12-6-4-5-9(2)11/h9H,3-8H2,1-2H3,(H,12,13). The smallest absolute Gasteiger partial charge is 0.245 e. The second-order valence-corrected chi connectivity index (χ2v) is 4.07. The van der Waals surface area contributed by atoms with Gasteiger partial charge in [-0.15, -0.1) is 11.6 Å². The van der Waals surface area contributed by atoms with E-state index in [-0.39, 0.29) is 17.9 Å². The van der Waals surface area contributed by atoms with Crippen molar-refractivity contribution in [1.29, 1.82) is 0 Å². The molecule has 0 aromatic rings. The lowest BCUT2D eigenvalue weighted by atomic mass is 10.2. The molecule has 0 heterocycles. The number of ether oxygens (including phenoxy) is 1. The van der Waals surface area contributed by atoms with Crippen molar-refractivity contribution in [3.05, 3.63) is 0 Å². The van der Waals surface area contributed by atoms with Gasteiger partial charge in [-0.3, -0.25) is 4.79 Å². The maximum absolute atomic E-state index is 11.1. The van der Waals surface area contributed by atoms with Crippen LogP contribution in [0.2, 0.25) is 0 Å². The third kappa shape index (κ3) is 9.81. The van der Waals surface area contributed by atoms with Crippen molar-refractivity contribution in [1.82, 2.24) is 5.32 Å². The van der Waals surface area contributed by atoms with Crippen molar-refractivity contribution < 1.29 is 9.53 Å². The Bertz CT molecular complexity index is 151. The van der Waals surface area contributed by atoms with Gasteiger partial charge < -0.3 is 10.1 Å². The molecule has 0 rings (SSSR count). The number of carbonyl (C=O) groups excluding carboxylic acids is 1. The van der Waals surface area contributed by atoms with Crippen molar-refractivity contribution >= 4 is 17.5 Å². The van der Waals surface area contributed by atoms with E-state index >= 15 is 0 Å². The first-order chi connectivity index (χ1) is 6.66. The maximum atomic E-state index is 11.1. The summed E-state index contributed by atoms with van der Waals surface area (Å²) in [5.41, 5.74) is 0. The van der Waals surface area contributed by atoms with Crippen molar-refractivity contribution in [3.63, 3.8) is 0 Å². The number of hydrogen-bond donors (Lipinski definition) is 1. The van der Waals surface area contributed by atoms with E-state index in [4.69, 9.17) is 16.3 Å². The summed E-state index contributed by atoms with van der Waals surface area (Å²) >= 11 is 5.76. The fraction of sp³-hybridized carbons (Fsp3) is 0.900. The van der Waals surface area contributed by atoms with Crippen LogP contribution in [0.25, 0.3) is 0 Å². The Balaban J connectivity index is 3.18. The second kappa shape index (κ2) is 9.28. The van der Waals surface area contributed by atoms with Crippen LogP contribution < -0.4 is 5.32 Å². The summed E-state index contributed by atoms with van der Waals surface area (Å²) in [6.45, 7) is 5.47. The molecule has 84 valence electrons. The van der Waals surface area contributed by atoms with E-state index in [0.717, 1.165) is 19.3 Å². The van der Waals surface area contributed by atoms with Gasteiger partial charge in [0.05, 0.1) is 0 Å². The Kier molecular flexibility index (Phi) is 9.10. The van der Waals surface area contributed by atoms with Crippen LogP contribution in [0.5, 0.6) is 0 Å². The van der Waals surface area contributed by atoms with Gasteiger partial charge in [0, 0.05) is 18.5 Å². The zero-order chi connectivity index (χ0) is 10.8. The lowest BCUT2D eigenvalue weighted by molar-refractivity contribution is -0.125. The van der Waals surface area contributed by atoms with E-state index in [9.17, 15) is 4.79 Å². The Morgan fingerprint density at radius 2 is 2.29 bits per heavy atom. The molecule has 0 aliphatic carbocycles. The summed E-state index contributed by atoms with van der Waals surface area (Å²) in [5, 5.41) is 2.96. The molecule has 0 spiro atoms. The molecule has 0 bridgehead atoms. The molecule has 0 aliphatic rings. The summed E-state index contributed by atoms with van der Waals surface area (Å²) in [4.78, 5) is 11.1. The first-order valence-corrected chi connectivity index (χ1v) is 5.59. The Hall–Kier alpha value is -0.280. The third-order valence-corrected chi connectivity index (χ3v) is 1.90. The molecule has 4 heteroatoms. The summed E-state index contributed by atoms with van der Waals surface area (Å²) in [6, 6.07) is 0. The van der Waals surface area contributed by atoms with Crippen LogP contribution in [0, 0.1) is 0 Å². The van der Waals surface area contributed by atoms with Crippen molar-refractivity contribution in [2.75, 3.05) is 19.8 Å². The van der Waals surface area contributed by atoms with E-state index in [2.05, 4.69) is 5.32 Å². The second-order valence-electron chi connectivity index (χ2n) is 3.33. The Morgan fingerprint density at radius 3 is 2.86 bits per heavy atom. The molecule has 0 aromatic carbocycles. The molecule has 0 radical (unpaired) electrons. The Morgan fingerprint density at radius 1 is 1.57 bits per heavy atom.